The Bertz CT molecular complexity index is 1260. The first-order valence-corrected chi connectivity index (χ1v) is 14.1. The monoisotopic (exact) mass is 521 g/mol. The largest absolute Gasteiger partial charge is 0.497 e. The van der Waals surface area contributed by atoms with Crippen LogP contribution in [0.2, 0.25) is 0 Å². The van der Waals surface area contributed by atoms with Crippen molar-refractivity contribution in [2.45, 2.75) is 43.7 Å². The molecule has 7 heteroatoms. The van der Waals surface area contributed by atoms with E-state index in [9.17, 15) is 9.50 Å². The minimum absolute atomic E-state index is 0.00130. The number of aliphatic hydroxyl groups excluding tert-OH is 1. The molecule has 38 heavy (non-hydrogen) atoms. The molecule has 3 aliphatic rings. The zero-order chi connectivity index (χ0) is 26.3. The van der Waals surface area contributed by atoms with Gasteiger partial charge in [0.05, 0.1) is 25.3 Å². The van der Waals surface area contributed by atoms with E-state index < -0.39 is 0 Å². The standard InChI is InChI=1S/C31H40FN3O3/c1-33-27-17-25(37-2)7-8-26(27)29-30(33)28(20-36)35(19-22-3-5-24(32)6-4-22)21-31(29)11-13-34(14-12-31)18-23-9-15-38-16-10-23/h3-8,17,23,28,36H,9-16,18-21H2,1-2H3/t28-/m0/s1. The van der Waals surface area contributed by atoms with Gasteiger partial charge in [-0.2, -0.15) is 0 Å². The number of rotatable bonds is 6. The molecule has 3 aliphatic heterocycles. The van der Waals surface area contributed by atoms with Crippen LogP contribution in [-0.2, 0) is 23.7 Å². The molecule has 4 heterocycles. The first kappa shape index (κ1) is 25.8. The van der Waals surface area contributed by atoms with Crippen LogP contribution in [0.15, 0.2) is 42.5 Å². The van der Waals surface area contributed by atoms with Gasteiger partial charge in [0.1, 0.15) is 11.6 Å². The molecule has 0 saturated carbocycles. The van der Waals surface area contributed by atoms with Crippen molar-refractivity contribution < 1.29 is 19.0 Å². The zero-order valence-corrected chi connectivity index (χ0v) is 22.7. The van der Waals surface area contributed by atoms with Crippen molar-refractivity contribution in [1.82, 2.24) is 14.4 Å². The van der Waals surface area contributed by atoms with Gasteiger partial charge in [0.2, 0.25) is 0 Å². The van der Waals surface area contributed by atoms with Crippen molar-refractivity contribution in [2.75, 3.05) is 53.1 Å². The first-order valence-electron chi connectivity index (χ1n) is 14.1. The zero-order valence-electron chi connectivity index (χ0n) is 22.7. The van der Waals surface area contributed by atoms with Crippen LogP contribution in [0.5, 0.6) is 5.75 Å². The van der Waals surface area contributed by atoms with E-state index in [1.807, 2.05) is 12.1 Å². The second kappa shape index (κ2) is 10.6. The Balaban J connectivity index is 1.37. The van der Waals surface area contributed by atoms with Crippen LogP contribution >= 0.6 is 0 Å². The van der Waals surface area contributed by atoms with E-state index in [1.54, 1.807) is 7.11 Å². The third-order valence-electron chi connectivity index (χ3n) is 9.39. The summed E-state index contributed by atoms with van der Waals surface area (Å²) in [5.41, 5.74) is 4.85. The van der Waals surface area contributed by atoms with Gasteiger partial charge in [0, 0.05) is 62.5 Å². The molecule has 2 fully saturated rings. The van der Waals surface area contributed by atoms with E-state index in [4.69, 9.17) is 9.47 Å². The number of ether oxygens (including phenoxy) is 2. The second-order valence-corrected chi connectivity index (χ2v) is 11.6. The SMILES string of the molecule is COc1ccc2c3c(n(C)c2c1)[C@H](CO)N(Cc1ccc(F)cc1)CC31CCN(CC2CCOCC2)CC1. The number of fused-ring (bicyclic) bond motifs is 4. The molecule has 3 aromatic rings. The number of aromatic nitrogens is 1. The summed E-state index contributed by atoms with van der Waals surface area (Å²) < 4.78 is 27.1. The molecule has 0 radical (unpaired) electrons. The molecule has 0 aliphatic carbocycles. The third kappa shape index (κ3) is 4.64. The number of halogens is 1. The fraction of sp³-hybridized carbons (Fsp3) is 0.548. The van der Waals surface area contributed by atoms with Crippen molar-refractivity contribution in [1.29, 1.82) is 0 Å². The van der Waals surface area contributed by atoms with Gasteiger partial charge < -0.3 is 24.0 Å². The van der Waals surface area contributed by atoms with Crippen LogP contribution in [0, 0.1) is 11.7 Å². The highest BCUT2D eigenvalue weighted by atomic mass is 19.1. The van der Waals surface area contributed by atoms with Gasteiger partial charge in [-0.1, -0.05) is 12.1 Å². The minimum atomic E-state index is -0.218. The highest BCUT2D eigenvalue weighted by molar-refractivity contribution is 5.88. The predicted octanol–water partition coefficient (Wildman–Crippen LogP) is 4.64. The van der Waals surface area contributed by atoms with Crippen LogP contribution in [0.25, 0.3) is 10.9 Å². The lowest BCUT2D eigenvalue weighted by atomic mass is 9.68. The topological polar surface area (TPSA) is 50.1 Å². The summed E-state index contributed by atoms with van der Waals surface area (Å²) in [7, 11) is 3.83. The normalized spacial score (nSPS) is 22.7. The van der Waals surface area contributed by atoms with Gasteiger partial charge in [-0.3, -0.25) is 4.90 Å². The molecule has 0 bridgehead atoms. The molecule has 1 aromatic heterocycles. The Kier molecular flexibility index (Phi) is 7.20. The second-order valence-electron chi connectivity index (χ2n) is 11.6. The Morgan fingerprint density at radius 2 is 1.82 bits per heavy atom. The number of aliphatic hydroxyl groups is 1. The summed E-state index contributed by atoms with van der Waals surface area (Å²) in [6, 6.07) is 13.1. The maximum Gasteiger partial charge on any atom is 0.123 e. The summed E-state index contributed by atoms with van der Waals surface area (Å²) in [5.74, 6) is 1.36. The molecule has 0 amide bonds. The highest BCUT2D eigenvalue weighted by Gasteiger charge is 2.48. The van der Waals surface area contributed by atoms with Gasteiger partial charge in [0.25, 0.3) is 0 Å². The van der Waals surface area contributed by atoms with Gasteiger partial charge >= 0.3 is 0 Å². The Hall–Kier alpha value is -2.45. The fourth-order valence-electron chi connectivity index (χ4n) is 7.32. The maximum absolute atomic E-state index is 13.6. The van der Waals surface area contributed by atoms with Crippen molar-refractivity contribution in [3.8, 4) is 5.75 Å². The van der Waals surface area contributed by atoms with Crippen molar-refractivity contribution in [3.63, 3.8) is 0 Å². The van der Waals surface area contributed by atoms with E-state index in [1.165, 1.54) is 41.6 Å². The molecule has 2 saturated heterocycles. The van der Waals surface area contributed by atoms with Crippen LogP contribution < -0.4 is 4.74 Å². The Morgan fingerprint density at radius 1 is 1.08 bits per heavy atom. The molecule has 6 nitrogen and oxygen atoms in total. The fourth-order valence-corrected chi connectivity index (χ4v) is 7.32. The van der Waals surface area contributed by atoms with E-state index in [0.717, 1.165) is 75.0 Å². The Morgan fingerprint density at radius 3 is 2.50 bits per heavy atom. The summed E-state index contributed by atoms with van der Waals surface area (Å²) in [4.78, 5) is 5.09. The Labute approximate surface area is 224 Å². The number of aryl methyl sites for hydroxylation is 1. The van der Waals surface area contributed by atoms with Crippen molar-refractivity contribution >= 4 is 10.9 Å². The molecule has 1 spiro atoms. The van der Waals surface area contributed by atoms with Crippen LogP contribution in [0.4, 0.5) is 4.39 Å². The van der Waals surface area contributed by atoms with Crippen molar-refractivity contribution in [2.24, 2.45) is 13.0 Å². The third-order valence-corrected chi connectivity index (χ3v) is 9.39. The quantitative estimate of drug-likeness (QED) is 0.513. The van der Waals surface area contributed by atoms with Gasteiger partial charge in [-0.25, -0.2) is 4.39 Å². The average molecular weight is 522 g/mol. The van der Waals surface area contributed by atoms with E-state index >= 15 is 0 Å². The van der Waals surface area contributed by atoms with Gasteiger partial charge in [-0.05, 0) is 80.1 Å². The average Bonchev–Trinajstić information content (AvgIpc) is 3.24. The van der Waals surface area contributed by atoms with Crippen LogP contribution in [0.3, 0.4) is 0 Å². The van der Waals surface area contributed by atoms with Gasteiger partial charge in [0.15, 0.2) is 0 Å². The van der Waals surface area contributed by atoms with E-state index in [-0.39, 0.29) is 23.9 Å². The molecule has 204 valence electrons. The van der Waals surface area contributed by atoms with E-state index in [2.05, 4.69) is 39.6 Å². The number of hydrogen-bond acceptors (Lipinski definition) is 5. The molecular weight excluding hydrogens is 481 g/mol. The lowest BCUT2D eigenvalue weighted by molar-refractivity contribution is 0.0248. The number of methoxy groups -OCH3 is 1. The molecular formula is C31H40FN3O3. The number of hydrogen-bond donors (Lipinski definition) is 1. The van der Waals surface area contributed by atoms with Crippen molar-refractivity contribution in [3.05, 3.63) is 65.1 Å². The lowest BCUT2D eigenvalue weighted by Gasteiger charge is -2.51. The molecule has 1 N–H and O–H groups in total. The number of likely N-dealkylation sites (tertiary alicyclic amines) is 1. The highest BCUT2D eigenvalue weighted by Crippen LogP contribution is 2.50. The number of benzene rings is 2. The van der Waals surface area contributed by atoms with E-state index in [0.29, 0.717) is 6.54 Å². The lowest BCUT2D eigenvalue weighted by Crippen LogP contribution is -2.54. The van der Waals surface area contributed by atoms with Crippen LogP contribution in [0.1, 0.15) is 48.5 Å². The number of nitrogens with zero attached hydrogens (tertiary/aromatic N) is 3. The summed E-state index contributed by atoms with van der Waals surface area (Å²) >= 11 is 0. The maximum atomic E-state index is 13.6. The van der Waals surface area contributed by atoms with Gasteiger partial charge in [-0.15, -0.1) is 0 Å². The predicted molar refractivity (Wildman–Crippen MR) is 147 cm³/mol. The smallest absolute Gasteiger partial charge is 0.123 e. The molecule has 6 rings (SSSR count). The summed E-state index contributed by atoms with van der Waals surface area (Å²) in [5, 5.41) is 12.0. The molecule has 1 atom stereocenters. The number of piperidine rings is 1. The summed E-state index contributed by atoms with van der Waals surface area (Å²) in [6.45, 7) is 6.73. The van der Waals surface area contributed by atoms with Crippen LogP contribution in [-0.4, -0.2) is 72.6 Å². The summed E-state index contributed by atoms with van der Waals surface area (Å²) in [6.07, 6.45) is 4.51. The molecule has 0 unspecified atom stereocenters. The minimum Gasteiger partial charge on any atom is -0.497 e. The first-order chi connectivity index (χ1) is 18.5. The molecule has 2 aromatic carbocycles.